The molecule has 0 aliphatic carbocycles. The third kappa shape index (κ3) is 4.83. The number of fused-ring (bicyclic) bond motifs is 1. The number of carbonyl (C=O) groups excluding carboxylic acids is 2. The van der Waals surface area contributed by atoms with Crippen molar-refractivity contribution in [3.05, 3.63) is 57.9 Å². The van der Waals surface area contributed by atoms with Crippen molar-refractivity contribution in [1.82, 2.24) is 14.3 Å². The maximum atomic E-state index is 14.7. The minimum Gasteiger partial charge on any atom is -0.444 e. The number of hydrogen-bond donors (Lipinski definition) is 1. The van der Waals surface area contributed by atoms with Gasteiger partial charge in [-0.2, -0.15) is 0 Å². The zero-order chi connectivity index (χ0) is 23.0. The molecule has 0 saturated carbocycles. The van der Waals surface area contributed by atoms with Gasteiger partial charge >= 0.3 is 6.09 Å². The number of thiophene rings is 1. The largest absolute Gasteiger partial charge is 0.444 e. The predicted octanol–water partition coefficient (Wildman–Crippen LogP) is 5.12. The number of nitrogens with one attached hydrogen (secondary N) is 1. The van der Waals surface area contributed by atoms with Crippen LogP contribution in [0.25, 0.3) is 11.2 Å². The molecule has 0 saturated heterocycles. The number of halogens is 1. The van der Waals surface area contributed by atoms with E-state index in [1.54, 1.807) is 17.0 Å². The number of aromatic nitrogens is 2. The van der Waals surface area contributed by atoms with E-state index in [2.05, 4.69) is 10.3 Å². The van der Waals surface area contributed by atoms with Crippen LogP contribution < -0.4 is 5.32 Å². The Morgan fingerprint density at radius 3 is 2.75 bits per heavy atom. The normalized spacial score (nSPS) is 14.4. The summed E-state index contributed by atoms with van der Waals surface area (Å²) in [4.78, 5) is 31.6. The molecule has 7 nitrogen and oxygen atoms in total. The summed E-state index contributed by atoms with van der Waals surface area (Å²) in [6.07, 6.45) is 5.63. The maximum absolute atomic E-state index is 14.7. The van der Waals surface area contributed by atoms with Gasteiger partial charge in [0, 0.05) is 37.2 Å². The van der Waals surface area contributed by atoms with Crippen molar-refractivity contribution in [2.75, 3.05) is 18.4 Å². The lowest BCUT2D eigenvalue weighted by molar-refractivity contribution is 0.0270. The average Bonchev–Trinajstić information content (AvgIpc) is 3.28. The van der Waals surface area contributed by atoms with Crippen molar-refractivity contribution >= 4 is 40.2 Å². The Morgan fingerprint density at radius 1 is 1.28 bits per heavy atom. The molecule has 0 fully saturated rings. The van der Waals surface area contributed by atoms with E-state index < -0.39 is 11.4 Å². The van der Waals surface area contributed by atoms with Gasteiger partial charge in [0.05, 0.1) is 15.4 Å². The first-order valence-electron chi connectivity index (χ1n) is 10.3. The summed E-state index contributed by atoms with van der Waals surface area (Å²) in [5.74, 6) is -0.809. The number of amides is 2. The second kappa shape index (κ2) is 8.38. The first kappa shape index (κ1) is 22.0. The summed E-state index contributed by atoms with van der Waals surface area (Å²) >= 11 is 1.11. The van der Waals surface area contributed by atoms with Gasteiger partial charge in [-0.25, -0.2) is 14.2 Å². The Hall–Kier alpha value is -3.20. The maximum Gasteiger partial charge on any atom is 0.410 e. The summed E-state index contributed by atoms with van der Waals surface area (Å²) in [5.41, 5.74) is 2.42. The molecule has 3 aromatic heterocycles. The van der Waals surface area contributed by atoms with Crippen molar-refractivity contribution in [2.45, 2.75) is 39.7 Å². The van der Waals surface area contributed by atoms with Crippen LogP contribution in [0.5, 0.6) is 0 Å². The molecule has 1 N–H and O–H groups in total. The highest BCUT2D eigenvalue weighted by Gasteiger charge is 2.26. The molecule has 3 aromatic rings. The van der Waals surface area contributed by atoms with Gasteiger partial charge in [0.15, 0.2) is 0 Å². The highest BCUT2D eigenvalue weighted by molar-refractivity contribution is 7.15. The number of rotatable bonds is 3. The van der Waals surface area contributed by atoms with Crippen molar-refractivity contribution in [2.24, 2.45) is 0 Å². The average molecular weight is 457 g/mol. The first-order chi connectivity index (χ1) is 15.1. The molecule has 9 heteroatoms. The summed E-state index contributed by atoms with van der Waals surface area (Å²) in [7, 11) is 0. The first-order valence-corrected chi connectivity index (χ1v) is 11.1. The van der Waals surface area contributed by atoms with Gasteiger partial charge in [-0.05, 0) is 51.8 Å². The molecule has 0 atom stereocenters. The van der Waals surface area contributed by atoms with Gasteiger partial charge in [-0.1, -0.05) is 6.08 Å². The number of ether oxygens (including phenoxy) is 1. The third-order valence-corrected chi connectivity index (χ3v) is 6.09. The molecule has 32 heavy (non-hydrogen) atoms. The highest BCUT2D eigenvalue weighted by atomic mass is 32.1. The van der Waals surface area contributed by atoms with E-state index >= 15 is 0 Å². The van der Waals surface area contributed by atoms with E-state index in [1.807, 2.05) is 50.6 Å². The monoisotopic (exact) mass is 456 g/mol. The van der Waals surface area contributed by atoms with Gasteiger partial charge in [0.2, 0.25) is 0 Å². The molecule has 0 spiro atoms. The number of hydrogen-bond acceptors (Lipinski definition) is 5. The Balaban J connectivity index is 1.45. The van der Waals surface area contributed by atoms with Crippen LogP contribution in [0.1, 0.15) is 47.4 Å². The van der Waals surface area contributed by atoms with Gasteiger partial charge in [-0.3, -0.25) is 4.79 Å². The molecule has 0 bridgehead atoms. The molecular weight excluding hydrogens is 431 g/mol. The zero-order valence-corrected chi connectivity index (χ0v) is 19.3. The van der Waals surface area contributed by atoms with E-state index in [9.17, 15) is 14.0 Å². The minimum atomic E-state index is -0.565. The standard InChI is InChI=1S/C23H25FN4O3S/c1-14-13-28-10-7-16(11-19(28)25-14)26-21(29)18-12-17(24)20(32-18)15-5-8-27(9-6-15)22(30)31-23(2,3)4/h5,7,10-13H,6,8-9H2,1-4H3,(H,26,29). The molecular formula is C23H25FN4O3S. The topological polar surface area (TPSA) is 75.9 Å². The number of nitrogens with zero attached hydrogens (tertiary/aromatic N) is 3. The van der Waals surface area contributed by atoms with Crippen LogP contribution in [0.15, 0.2) is 36.7 Å². The molecule has 4 rings (SSSR count). The molecule has 1 aliphatic heterocycles. The van der Waals surface area contributed by atoms with Gasteiger partial charge in [0.1, 0.15) is 17.1 Å². The fraction of sp³-hybridized carbons (Fsp3) is 0.348. The molecule has 0 aromatic carbocycles. The zero-order valence-electron chi connectivity index (χ0n) is 18.4. The van der Waals surface area contributed by atoms with Gasteiger partial charge in [0.25, 0.3) is 5.91 Å². The van der Waals surface area contributed by atoms with Crippen LogP contribution in [0.2, 0.25) is 0 Å². The quantitative estimate of drug-likeness (QED) is 0.594. The summed E-state index contributed by atoms with van der Waals surface area (Å²) in [6, 6.07) is 4.80. The van der Waals surface area contributed by atoms with Crippen molar-refractivity contribution in [1.29, 1.82) is 0 Å². The fourth-order valence-corrected chi connectivity index (χ4v) is 4.45. The molecule has 168 valence electrons. The van der Waals surface area contributed by atoms with Crippen molar-refractivity contribution in [3.8, 4) is 0 Å². The van der Waals surface area contributed by atoms with Crippen LogP contribution in [0.4, 0.5) is 14.9 Å². The summed E-state index contributed by atoms with van der Waals surface area (Å²) in [5, 5.41) is 2.81. The van der Waals surface area contributed by atoms with E-state index in [-0.39, 0.29) is 16.9 Å². The molecule has 1 aliphatic rings. The van der Waals surface area contributed by atoms with E-state index in [4.69, 9.17) is 4.74 Å². The van der Waals surface area contributed by atoms with Crippen LogP contribution in [-0.2, 0) is 4.74 Å². The van der Waals surface area contributed by atoms with Crippen LogP contribution >= 0.6 is 11.3 Å². The number of carbonyl (C=O) groups is 2. The summed E-state index contributed by atoms with van der Waals surface area (Å²) < 4.78 is 21.9. The van der Waals surface area contributed by atoms with Crippen molar-refractivity contribution in [3.63, 3.8) is 0 Å². The highest BCUT2D eigenvalue weighted by Crippen LogP contribution is 2.32. The Bertz CT molecular complexity index is 1220. The van der Waals surface area contributed by atoms with Crippen LogP contribution in [-0.4, -0.2) is 45.0 Å². The smallest absolute Gasteiger partial charge is 0.410 e. The lowest BCUT2D eigenvalue weighted by Gasteiger charge is -2.29. The Labute approximate surface area is 189 Å². The Morgan fingerprint density at radius 2 is 2.06 bits per heavy atom. The van der Waals surface area contributed by atoms with E-state index in [0.29, 0.717) is 30.1 Å². The molecule has 2 amide bonds. The SMILES string of the molecule is Cc1cn2ccc(NC(=O)c3cc(F)c(C4=CCN(C(=O)OC(C)(C)C)CC4)s3)cc2n1. The predicted molar refractivity (Wildman–Crippen MR) is 123 cm³/mol. The lowest BCUT2D eigenvalue weighted by atomic mass is 10.1. The Kier molecular flexibility index (Phi) is 5.77. The number of aryl methyl sites for hydroxylation is 1. The lowest BCUT2D eigenvalue weighted by Crippen LogP contribution is -2.39. The molecule has 0 radical (unpaired) electrons. The van der Waals surface area contributed by atoms with Crippen LogP contribution in [0.3, 0.4) is 0 Å². The van der Waals surface area contributed by atoms with Crippen molar-refractivity contribution < 1.29 is 18.7 Å². The number of anilines is 1. The third-order valence-electron chi connectivity index (χ3n) is 4.90. The molecule has 0 unspecified atom stereocenters. The van der Waals surface area contributed by atoms with Gasteiger partial charge in [-0.15, -0.1) is 11.3 Å². The van der Waals surface area contributed by atoms with Gasteiger partial charge < -0.3 is 19.4 Å². The fourth-order valence-electron chi connectivity index (χ4n) is 3.45. The minimum absolute atomic E-state index is 0.285. The van der Waals surface area contributed by atoms with E-state index in [1.165, 1.54) is 6.07 Å². The van der Waals surface area contributed by atoms with E-state index in [0.717, 1.165) is 28.3 Å². The van der Waals surface area contributed by atoms with Crippen LogP contribution in [0, 0.1) is 12.7 Å². The number of pyridine rings is 1. The molecule has 4 heterocycles. The second-order valence-corrected chi connectivity index (χ2v) is 9.76. The number of imidazole rings is 1. The summed E-state index contributed by atoms with van der Waals surface area (Å²) in [6.45, 7) is 8.12. The second-order valence-electron chi connectivity index (χ2n) is 8.71.